The topological polar surface area (TPSA) is 47.3 Å². The predicted octanol–water partition coefficient (Wildman–Crippen LogP) is 3.63. The van der Waals surface area contributed by atoms with Crippen molar-refractivity contribution >= 4 is 50.5 Å². The largest absolute Gasteiger partial charge is 0.291 e. The molecule has 0 saturated heterocycles. The van der Waals surface area contributed by atoms with Gasteiger partial charge in [0.1, 0.15) is 0 Å². The molecule has 0 radical (unpaired) electrons. The van der Waals surface area contributed by atoms with E-state index in [2.05, 4.69) is 26.0 Å². The zero-order chi connectivity index (χ0) is 17.2. The fourth-order valence-corrected chi connectivity index (χ4v) is 3.69. The lowest BCUT2D eigenvalue weighted by molar-refractivity contribution is 0.925. The molecule has 25 heavy (non-hydrogen) atoms. The molecule has 2 aromatic heterocycles. The maximum absolute atomic E-state index is 12.5. The van der Waals surface area contributed by atoms with Crippen LogP contribution in [0.4, 0.5) is 0 Å². The Bertz CT molecular complexity index is 1180. The minimum atomic E-state index is -0.150. The van der Waals surface area contributed by atoms with Crippen LogP contribution in [0, 0.1) is 0 Å². The van der Waals surface area contributed by atoms with Crippen molar-refractivity contribution in [2.75, 3.05) is 0 Å². The third-order valence-electron chi connectivity index (χ3n) is 3.61. The maximum Gasteiger partial charge on any atom is 0.291 e. The lowest BCUT2D eigenvalue weighted by Crippen LogP contribution is -2.23. The molecule has 6 heteroatoms. The molecule has 0 amide bonds. The van der Waals surface area contributed by atoms with Gasteiger partial charge in [-0.2, -0.15) is 9.50 Å². The molecule has 0 spiro atoms. The Morgan fingerprint density at radius 2 is 1.76 bits per heavy atom. The van der Waals surface area contributed by atoms with Crippen molar-refractivity contribution in [1.29, 1.82) is 0 Å². The quantitative estimate of drug-likeness (QED) is 0.518. The minimum Gasteiger partial charge on any atom is -0.266 e. The van der Waals surface area contributed by atoms with Crippen LogP contribution in [-0.2, 0) is 0 Å². The van der Waals surface area contributed by atoms with Crippen LogP contribution >= 0.6 is 27.3 Å². The molecule has 2 aromatic carbocycles. The van der Waals surface area contributed by atoms with Gasteiger partial charge in [0.15, 0.2) is 5.82 Å². The number of aromatic nitrogens is 3. The monoisotopic (exact) mass is 409 g/mol. The van der Waals surface area contributed by atoms with Crippen molar-refractivity contribution < 1.29 is 0 Å². The van der Waals surface area contributed by atoms with Crippen LogP contribution in [-0.4, -0.2) is 14.6 Å². The van der Waals surface area contributed by atoms with Crippen LogP contribution in [0.3, 0.4) is 0 Å². The van der Waals surface area contributed by atoms with Crippen LogP contribution in [0.25, 0.3) is 23.2 Å². The summed E-state index contributed by atoms with van der Waals surface area (Å²) in [5, 5.41) is 4.30. The van der Waals surface area contributed by atoms with Gasteiger partial charge < -0.3 is 0 Å². The fourth-order valence-electron chi connectivity index (χ4n) is 2.39. The van der Waals surface area contributed by atoms with Gasteiger partial charge in [-0.15, -0.1) is 5.10 Å². The van der Waals surface area contributed by atoms with Gasteiger partial charge in [-0.1, -0.05) is 81.9 Å². The lowest BCUT2D eigenvalue weighted by Gasteiger charge is -1.94. The summed E-state index contributed by atoms with van der Waals surface area (Å²) in [6.07, 6.45) is 5.59. The first kappa shape index (κ1) is 15.9. The van der Waals surface area contributed by atoms with Gasteiger partial charge in [0.2, 0.25) is 4.96 Å². The van der Waals surface area contributed by atoms with E-state index < -0.39 is 0 Å². The average molecular weight is 410 g/mol. The smallest absolute Gasteiger partial charge is 0.266 e. The molecule has 0 atom stereocenters. The summed E-state index contributed by atoms with van der Waals surface area (Å²) >= 11 is 4.83. The Morgan fingerprint density at radius 3 is 2.52 bits per heavy atom. The van der Waals surface area contributed by atoms with Gasteiger partial charge in [0.05, 0.1) is 4.53 Å². The highest BCUT2D eigenvalue weighted by Crippen LogP contribution is 2.16. The summed E-state index contributed by atoms with van der Waals surface area (Å²) in [6.45, 7) is 0. The molecule has 4 aromatic rings. The van der Waals surface area contributed by atoms with Crippen molar-refractivity contribution in [1.82, 2.24) is 14.6 Å². The van der Waals surface area contributed by atoms with E-state index in [0.29, 0.717) is 15.3 Å². The summed E-state index contributed by atoms with van der Waals surface area (Å²) in [7, 11) is 0. The van der Waals surface area contributed by atoms with Gasteiger partial charge in [0.25, 0.3) is 5.56 Å². The van der Waals surface area contributed by atoms with Crippen LogP contribution < -0.4 is 10.1 Å². The number of hydrogen-bond donors (Lipinski definition) is 0. The van der Waals surface area contributed by atoms with E-state index in [9.17, 15) is 4.79 Å². The SMILES string of the molecule is O=c1/c(=C/c2ccccc2Br)sc2nc(/C=C/c3ccccc3)nn12. The Morgan fingerprint density at radius 1 is 1.00 bits per heavy atom. The standard InChI is InChI=1S/C19H12BrN3OS/c20-15-9-5-4-8-14(15)12-16-18(24)23-19(25-16)21-17(22-23)11-10-13-6-2-1-3-7-13/h1-12H/b11-10+,16-12-. The second kappa shape index (κ2) is 6.74. The third-order valence-corrected chi connectivity index (χ3v) is 5.30. The van der Waals surface area contributed by atoms with Gasteiger partial charge in [-0.05, 0) is 29.3 Å². The van der Waals surface area contributed by atoms with Crippen molar-refractivity contribution in [2.24, 2.45) is 0 Å². The van der Waals surface area contributed by atoms with E-state index in [1.165, 1.54) is 15.9 Å². The Hall–Kier alpha value is -2.57. The molecule has 0 aliphatic carbocycles. The molecule has 0 fully saturated rings. The Labute approximate surface area is 155 Å². The number of nitrogens with zero attached hydrogens (tertiary/aromatic N) is 3. The first-order valence-corrected chi connectivity index (χ1v) is 9.20. The first-order chi connectivity index (χ1) is 12.2. The average Bonchev–Trinajstić information content (AvgIpc) is 3.15. The van der Waals surface area contributed by atoms with Gasteiger partial charge in [-0.3, -0.25) is 4.79 Å². The number of fused-ring (bicyclic) bond motifs is 1. The molecule has 0 N–H and O–H groups in total. The van der Waals surface area contributed by atoms with E-state index in [4.69, 9.17) is 0 Å². The van der Waals surface area contributed by atoms with Crippen LogP contribution in [0.2, 0.25) is 0 Å². The lowest BCUT2D eigenvalue weighted by atomic mass is 10.2. The highest BCUT2D eigenvalue weighted by molar-refractivity contribution is 9.10. The van der Waals surface area contributed by atoms with Gasteiger partial charge >= 0.3 is 0 Å². The summed E-state index contributed by atoms with van der Waals surface area (Å²) in [5.74, 6) is 0.527. The molecule has 0 aliphatic heterocycles. The molecule has 0 unspecified atom stereocenters. The summed E-state index contributed by atoms with van der Waals surface area (Å²) < 4.78 is 2.92. The van der Waals surface area contributed by atoms with Gasteiger partial charge in [0, 0.05) is 4.47 Å². The number of thiazole rings is 1. The number of rotatable bonds is 3. The molecular weight excluding hydrogens is 398 g/mol. The van der Waals surface area contributed by atoms with Crippen molar-refractivity contribution in [2.45, 2.75) is 0 Å². The predicted molar refractivity (Wildman–Crippen MR) is 105 cm³/mol. The normalized spacial score (nSPS) is 12.4. The zero-order valence-electron chi connectivity index (χ0n) is 13.0. The molecular formula is C19H12BrN3OS. The van der Waals surface area contributed by atoms with Crippen LogP contribution in [0.15, 0.2) is 63.9 Å². The molecule has 0 bridgehead atoms. The number of benzene rings is 2. The Balaban J connectivity index is 1.71. The summed E-state index contributed by atoms with van der Waals surface area (Å²) in [5.41, 5.74) is 1.86. The molecule has 122 valence electrons. The van der Waals surface area contributed by atoms with Crippen LogP contribution in [0.5, 0.6) is 0 Å². The third kappa shape index (κ3) is 3.31. The molecule has 4 nitrogen and oxygen atoms in total. The Kier molecular flexibility index (Phi) is 4.29. The van der Waals surface area contributed by atoms with Crippen molar-refractivity contribution in [3.63, 3.8) is 0 Å². The highest BCUT2D eigenvalue weighted by atomic mass is 79.9. The highest BCUT2D eigenvalue weighted by Gasteiger charge is 2.09. The second-order valence-corrected chi connectivity index (χ2v) is 7.21. The number of halogens is 1. The number of hydrogen-bond acceptors (Lipinski definition) is 4. The van der Waals surface area contributed by atoms with E-state index >= 15 is 0 Å². The van der Waals surface area contributed by atoms with Crippen molar-refractivity contribution in [3.8, 4) is 0 Å². The maximum atomic E-state index is 12.5. The summed E-state index contributed by atoms with van der Waals surface area (Å²) in [6, 6.07) is 17.7. The minimum absolute atomic E-state index is 0.150. The fraction of sp³-hybridized carbons (Fsp3) is 0. The summed E-state index contributed by atoms with van der Waals surface area (Å²) in [4.78, 5) is 17.6. The zero-order valence-corrected chi connectivity index (χ0v) is 15.4. The van der Waals surface area contributed by atoms with E-state index in [1.54, 1.807) is 0 Å². The second-order valence-electron chi connectivity index (χ2n) is 5.35. The van der Waals surface area contributed by atoms with E-state index in [0.717, 1.165) is 15.6 Å². The van der Waals surface area contributed by atoms with Crippen molar-refractivity contribution in [3.05, 3.63) is 90.9 Å². The van der Waals surface area contributed by atoms with E-state index in [-0.39, 0.29) is 5.56 Å². The molecule has 2 heterocycles. The van der Waals surface area contributed by atoms with Crippen LogP contribution in [0.1, 0.15) is 17.0 Å². The first-order valence-electron chi connectivity index (χ1n) is 7.60. The molecule has 4 rings (SSSR count). The molecule has 0 aliphatic rings. The van der Waals surface area contributed by atoms with E-state index in [1.807, 2.05) is 72.8 Å². The van der Waals surface area contributed by atoms with Gasteiger partial charge in [-0.25, -0.2) is 0 Å². The molecule has 0 saturated carbocycles.